The molecule has 0 bridgehead atoms. The molecule has 5 nitrogen and oxygen atoms in total. The SMILES string of the molecule is Cc1csc(C(C)C(=O)[O][Al+][O]C(=O)C(C)c2scc(C)c2-c2ccccc2)c1-c1ccccc1.[OH-]. The molecule has 4 rings (SSSR count). The number of carbonyl (C=O) groups excluding carboxylic acids is 2. The Morgan fingerprint density at radius 3 is 1.42 bits per heavy atom. The summed E-state index contributed by atoms with van der Waals surface area (Å²) in [5.41, 5.74) is 6.56. The second-order valence-electron chi connectivity index (χ2n) is 8.46. The molecule has 1 N–H and O–H groups in total. The zero-order chi connectivity index (χ0) is 24.9. The van der Waals surface area contributed by atoms with E-state index >= 15 is 0 Å². The average molecular weight is 535 g/mol. The third-order valence-electron chi connectivity index (χ3n) is 5.95. The number of rotatable bonds is 8. The second kappa shape index (κ2) is 12.5. The van der Waals surface area contributed by atoms with Crippen LogP contribution in [0.1, 0.15) is 46.6 Å². The number of aryl methyl sites for hydroxylation is 2. The van der Waals surface area contributed by atoms with Crippen molar-refractivity contribution in [3.8, 4) is 22.3 Å². The monoisotopic (exact) mass is 534 g/mol. The first-order valence-corrected chi connectivity index (χ1v) is 14.1. The molecule has 0 spiro atoms. The molecule has 2 atom stereocenters. The molecule has 0 saturated carbocycles. The summed E-state index contributed by atoms with van der Waals surface area (Å²) in [4.78, 5) is 27.5. The molecule has 0 saturated heterocycles. The van der Waals surface area contributed by atoms with Crippen molar-refractivity contribution in [2.75, 3.05) is 0 Å². The van der Waals surface area contributed by atoms with Crippen molar-refractivity contribution in [1.29, 1.82) is 0 Å². The predicted octanol–water partition coefficient (Wildman–Crippen LogP) is 7.11. The quantitative estimate of drug-likeness (QED) is 0.225. The van der Waals surface area contributed by atoms with E-state index in [9.17, 15) is 9.59 Å². The standard InChI is InChI=1S/2C14H14O2S.Al.H2O/c2*1-9-8-17-13(10(2)14(15)16)12(9)11-6-4-3-5-7-11;;/h2*3-8,10H,1-2H3,(H,15,16);;1H2/q;;+3;/p-3. The van der Waals surface area contributed by atoms with Crippen LogP contribution in [0.3, 0.4) is 0 Å². The van der Waals surface area contributed by atoms with Gasteiger partial charge in [0.25, 0.3) is 0 Å². The first kappa shape index (κ1) is 27.9. The maximum absolute atomic E-state index is 12.8. The Kier molecular flexibility index (Phi) is 9.66. The minimum absolute atomic E-state index is 0. The van der Waals surface area contributed by atoms with E-state index in [1.165, 1.54) is 0 Å². The Balaban J connectivity index is 0.00000361. The average Bonchev–Trinajstić information content (AvgIpc) is 3.46. The second-order valence-corrected chi connectivity index (χ2v) is 10.9. The van der Waals surface area contributed by atoms with Gasteiger partial charge in [0, 0.05) is 0 Å². The van der Waals surface area contributed by atoms with Crippen molar-refractivity contribution in [1.82, 2.24) is 0 Å². The van der Waals surface area contributed by atoms with Crippen LogP contribution in [0.25, 0.3) is 22.3 Å². The summed E-state index contributed by atoms with van der Waals surface area (Å²) in [5, 5.41) is 4.12. The van der Waals surface area contributed by atoms with Crippen molar-refractivity contribution < 1.29 is 22.6 Å². The molecule has 36 heavy (non-hydrogen) atoms. The van der Waals surface area contributed by atoms with Crippen molar-refractivity contribution in [3.63, 3.8) is 0 Å². The molecule has 4 aromatic rings. The van der Waals surface area contributed by atoms with E-state index in [1.54, 1.807) is 22.7 Å². The molecule has 8 heteroatoms. The largest absolute Gasteiger partial charge is 0.870 e. The normalized spacial score (nSPS) is 12.1. The van der Waals surface area contributed by atoms with Gasteiger partial charge in [-0.1, -0.05) is 0 Å². The van der Waals surface area contributed by atoms with Crippen LogP contribution in [0.5, 0.6) is 0 Å². The summed E-state index contributed by atoms with van der Waals surface area (Å²) < 4.78 is 10.9. The molecule has 0 aliphatic heterocycles. The Morgan fingerprint density at radius 2 is 1.06 bits per heavy atom. The first-order valence-electron chi connectivity index (χ1n) is 11.4. The van der Waals surface area contributed by atoms with Gasteiger partial charge >= 0.3 is 222 Å². The third kappa shape index (κ3) is 5.97. The summed E-state index contributed by atoms with van der Waals surface area (Å²) in [6.07, 6.45) is 0. The van der Waals surface area contributed by atoms with Gasteiger partial charge in [0.1, 0.15) is 0 Å². The number of hydrogen-bond acceptors (Lipinski definition) is 7. The van der Waals surface area contributed by atoms with Crippen LogP contribution >= 0.6 is 22.7 Å². The van der Waals surface area contributed by atoms with Gasteiger partial charge in [-0.3, -0.25) is 0 Å². The molecule has 2 aromatic heterocycles. The fourth-order valence-electron chi connectivity index (χ4n) is 4.05. The molecular formula is C28H27AlO5S2. The van der Waals surface area contributed by atoms with Gasteiger partial charge < -0.3 is 5.48 Å². The van der Waals surface area contributed by atoms with Gasteiger partial charge in [0.05, 0.1) is 0 Å². The molecular weight excluding hydrogens is 507 g/mol. The fraction of sp³-hybridized carbons (Fsp3) is 0.214. The third-order valence-corrected chi connectivity index (χ3v) is 9.18. The first-order chi connectivity index (χ1) is 16.9. The Hall–Kier alpha value is -2.73. The van der Waals surface area contributed by atoms with E-state index in [-0.39, 0.29) is 17.4 Å². The number of thiophene rings is 2. The van der Waals surface area contributed by atoms with E-state index in [0.717, 1.165) is 43.1 Å². The molecule has 2 unspecified atom stereocenters. The molecule has 2 heterocycles. The smallest absolute Gasteiger partial charge is 0.870 e. The maximum atomic E-state index is 12.8. The molecule has 0 aliphatic carbocycles. The van der Waals surface area contributed by atoms with Crippen LogP contribution in [-0.2, 0) is 17.2 Å². The van der Waals surface area contributed by atoms with Crippen molar-refractivity contribution in [3.05, 3.63) is 92.3 Å². The van der Waals surface area contributed by atoms with Gasteiger partial charge in [-0.05, 0) is 0 Å². The summed E-state index contributed by atoms with van der Waals surface area (Å²) in [7, 11) is 0. The van der Waals surface area contributed by atoms with Crippen molar-refractivity contribution in [2.24, 2.45) is 0 Å². The molecule has 2 aromatic carbocycles. The van der Waals surface area contributed by atoms with E-state index < -0.39 is 27.7 Å². The molecule has 0 fully saturated rings. The van der Waals surface area contributed by atoms with Crippen LogP contribution in [0.2, 0.25) is 0 Å². The summed E-state index contributed by atoms with van der Waals surface area (Å²) >= 11 is 1.86. The number of hydrogen-bond donors (Lipinski definition) is 0. The van der Waals surface area contributed by atoms with Crippen LogP contribution in [-0.4, -0.2) is 33.3 Å². The minimum Gasteiger partial charge on any atom is -0.870 e. The van der Waals surface area contributed by atoms with Crippen LogP contribution in [0.15, 0.2) is 71.4 Å². The Labute approximate surface area is 226 Å². The zero-order valence-corrected chi connectivity index (χ0v) is 23.3. The van der Waals surface area contributed by atoms with Crippen molar-refractivity contribution in [2.45, 2.75) is 39.5 Å². The van der Waals surface area contributed by atoms with Crippen LogP contribution in [0, 0.1) is 13.8 Å². The van der Waals surface area contributed by atoms with E-state index in [4.69, 9.17) is 7.58 Å². The summed E-state index contributed by atoms with van der Waals surface area (Å²) in [6.45, 7) is 7.77. The molecule has 184 valence electrons. The van der Waals surface area contributed by atoms with E-state index in [2.05, 4.69) is 10.8 Å². The number of carbonyl (C=O) groups is 2. The Bertz CT molecular complexity index is 1210. The van der Waals surface area contributed by atoms with Gasteiger partial charge in [-0.15, -0.1) is 0 Å². The van der Waals surface area contributed by atoms with Crippen molar-refractivity contribution >= 4 is 50.5 Å². The topological polar surface area (TPSA) is 82.6 Å². The van der Waals surface area contributed by atoms with Gasteiger partial charge in [0.2, 0.25) is 0 Å². The molecule has 0 radical (unpaired) electrons. The van der Waals surface area contributed by atoms with Crippen LogP contribution < -0.4 is 0 Å². The fourth-order valence-corrected chi connectivity index (χ4v) is 6.94. The van der Waals surface area contributed by atoms with E-state index in [0.29, 0.717) is 0 Å². The summed E-state index contributed by atoms with van der Waals surface area (Å²) in [6, 6.07) is 20.1. The zero-order valence-electron chi connectivity index (χ0n) is 20.6. The molecule has 0 amide bonds. The number of benzene rings is 2. The van der Waals surface area contributed by atoms with Gasteiger partial charge in [0.15, 0.2) is 0 Å². The van der Waals surface area contributed by atoms with Gasteiger partial charge in [-0.2, -0.15) is 0 Å². The summed E-state index contributed by atoms with van der Waals surface area (Å²) in [5.74, 6) is -1.65. The predicted molar refractivity (Wildman–Crippen MR) is 146 cm³/mol. The van der Waals surface area contributed by atoms with Crippen LogP contribution in [0.4, 0.5) is 0 Å². The van der Waals surface area contributed by atoms with E-state index in [1.807, 2.05) is 88.4 Å². The Morgan fingerprint density at radius 1 is 0.694 bits per heavy atom. The van der Waals surface area contributed by atoms with Gasteiger partial charge in [-0.25, -0.2) is 0 Å². The molecule has 0 aliphatic rings. The minimum atomic E-state index is -1.24. The maximum Gasteiger partial charge on any atom is -0.870 e.